The van der Waals surface area contributed by atoms with E-state index in [1.807, 2.05) is 13.8 Å². The van der Waals surface area contributed by atoms with E-state index in [1.165, 1.54) is 19.1 Å². The van der Waals surface area contributed by atoms with Gasteiger partial charge in [-0.25, -0.2) is 8.78 Å². The number of carbonyl (C=O) groups is 2. The van der Waals surface area contributed by atoms with E-state index in [-0.39, 0.29) is 30.8 Å². The molecule has 0 aromatic carbocycles. The number of Topliss-reactive ketones (excluding diaryl/α,β-unsaturated/α-hetero) is 1. The van der Waals surface area contributed by atoms with Gasteiger partial charge in [-0.05, 0) is 55.7 Å². The summed E-state index contributed by atoms with van der Waals surface area (Å²) in [4.78, 5) is 24.6. The van der Waals surface area contributed by atoms with Crippen LogP contribution in [0.2, 0.25) is 0 Å². The number of alkyl halides is 3. The molecule has 3 saturated carbocycles. The minimum atomic E-state index is -2.30. The molecule has 5 aliphatic rings. The number of ether oxygens (including phenoxy) is 2. The fourth-order valence-electron chi connectivity index (χ4n) is 8.34. The maximum atomic E-state index is 17.5. The van der Waals surface area contributed by atoms with Crippen LogP contribution >= 0.6 is 15.9 Å². The van der Waals surface area contributed by atoms with Crippen molar-refractivity contribution in [1.82, 2.24) is 0 Å². The van der Waals surface area contributed by atoms with Crippen LogP contribution in [0.1, 0.15) is 53.4 Å². The van der Waals surface area contributed by atoms with Crippen molar-refractivity contribution in [2.24, 2.45) is 28.6 Å². The van der Waals surface area contributed by atoms with Crippen molar-refractivity contribution in [1.29, 1.82) is 0 Å². The Bertz CT molecular complexity index is 1030. The van der Waals surface area contributed by atoms with Crippen molar-refractivity contribution < 1.29 is 38.1 Å². The van der Waals surface area contributed by atoms with Crippen LogP contribution in [0.15, 0.2) is 23.8 Å². The highest BCUT2D eigenvalue weighted by Crippen LogP contribution is 2.73. The van der Waals surface area contributed by atoms with Gasteiger partial charge >= 0.3 is 0 Å². The lowest BCUT2D eigenvalue weighted by Crippen LogP contribution is -2.74. The number of ketones is 2. The number of carbonyl (C=O) groups excluding carboxylic acids is 2. The average Bonchev–Trinajstić information content (AvgIpc) is 2.99. The summed E-state index contributed by atoms with van der Waals surface area (Å²) >= 11 is 3.42. The second-order valence-electron chi connectivity index (χ2n) is 11.6. The van der Waals surface area contributed by atoms with E-state index < -0.39 is 68.7 Å². The molecule has 1 unspecified atom stereocenters. The summed E-state index contributed by atoms with van der Waals surface area (Å²) < 4.78 is 45.0. The van der Waals surface area contributed by atoms with Gasteiger partial charge in [0.05, 0.1) is 10.9 Å². The molecule has 1 aliphatic heterocycles. The van der Waals surface area contributed by atoms with Crippen molar-refractivity contribution in [3.63, 3.8) is 0 Å². The highest BCUT2D eigenvalue weighted by Gasteiger charge is 2.80. The first-order valence-corrected chi connectivity index (χ1v) is 13.3. The number of hydrogen-bond donors (Lipinski definition) is 2. The molecule has 4 fully saturated rings. The Morgan fingerprint density at radius 2 is 1.97 bits per heavy atom. The van der Waals surface area contributed by atoms with E-state index in [9.17, 15) is 19.8 Å². The third kappa shape index (κ3) is 2.93. The molecule has 11 atom stereocenters. The van der Waals surface area contributed by atoms with Crippen molar-refractivity contribution in [2.75, 3.05) is 6.61 Å². The summed E-state index contributed by atoms with van der Waals surface area (Å²) in [5, 5.41) is 22.6. The largest absolute Gasteiger partial charge is 0.390 e. The number of halogens is 3. The Hall–Kier alpha value is -1.00. The van der Waals surface area contributed by atoms with Gasteiger partial charge < -0.3 is 19.7 Å². The molecule has 2 N–H and O–H groups in total. The molecule has 4 aliphatic carbocycles. The molecule has 0 aromatic heterocycles. The van der Waals surface area contributed by atoms with Gasteiger partial charge in [0.1, 0.15) is 18.4 Å². The number of aliphatic hydroxyl groups excluding tert-OH is 1. The first-order chi connectivity index (χ1) is 16.2. The lowest BCUT2D eigenvalue weighted by Gasteiger charge is -2.65. The monoisotopic (exact) mass is 558 g/mol. The fraction of sp³-hybridized carbons (Fsp3) is 0.769. The van der Waals surface area contributed by atoms with Gasteiger partial charge in [-0.1, -0.05) is 42.8 Å². The normalized spacial score (nSPS) is 55.4. The van der Waals surface area contributed by atoms with Crippen LogP contribution in [0, 0.1) is 28.6 Å². The summed E-state index contributed by atoms with van der Waals surface area (Å²) in [6.45, 7) is 6.66. The minimum absolute atomic E-state index is 0.0183. The zero-order valence-electron chi connectivity index (χ0n) is 20.4. The van der Waals surface area contributed by atoms with E-state index in [1.54, 1.807) is 6.92 Å². The highest BCUT2D eigenvalue weighted by molar-refractivity contribution is 9.09. The van der Waals surface area contributed by atoms with Crippen LogP contribution in [-0.2, 0) is 19.1 Å². The van der Waals surface area contributed by atoms with Gasteiger partial charge in [0.2, 0.25) is 0 Å². The molecule has 5 rings (SSSR count). The summed E-state index contributed by atoms with van der Waals surface area (Å²) in [6, 6.07) is 0. The summed E-state index contributed by atoms with van der Waals surface area (Å²) in [7, 11) is 0. The maximum absolute atomic E-state index is 17.5. The van der Waals surface area contributed by atoms with Gasteiger partial charge in [0.15, 0.2) is 17.2 Å². The summed E-state index contributed by atoms with van der Waals surface area (Å²) in [5.41, 5.74) is -6.42. The Labute approximate surface area is 212 Å². The zero-order valence-corrected chi connectivity index (χ0v) is 22.0. The van der Waals surface area contributed by atoms with E-state index in [0.717, 1.165) is 6.08 Å². The van der Waals surface area contributed by atoms with Crippen LogP contribution in [0.5, 0.6) is 0 Å². The van der Waals surface area contributed by atoms with Crippen molar-refractivity contribution in [2.45, 2.75) is 87.7 Å². The first-order valence-electron chi connectivity index (χ1n) is 12.4. The number of hydrogen-bond acceptors (Lipinski definition) is 6. The number of allylic oxidation sites excluding steroid dienone is 4. The van der Waals surface area contributed by atoms with Crippen molar-refractivity contribution in [3.05, 3.63) is 23.8 Å². The van der Waals surface area contributed by atoms with Gasteiger partial charge in [-0.2, -0.15) is 0 Å². The van der Waals surface area contributed by atoms with Gasteiger partial charge in [-0.15, -0.1) is 0 Å². The van der Waals surface area contributed by atoms with Crippen LogP contribution in [0.25, 0.3) is 0 Å². The van der Waals surface area contributed by atoms with Gasteiger partial charge in [0.25, 0.3) is 5.97 Å². The third-order valence-electron chi connectivity index (χ3n) is 9.91. The topological polar surface area (TPSA) is 93.1 Å². The predicted octanol–water partition coefficient (Wildman–Crippen LogP) is 3.73. The fourth-order valence-corrected chi connectivity index (χ4v) is 9.38. The van der Waals surface area contributed by atoms with Crippen LogP contribution < -0.4 is 0 Å². The van der Waals surface area contributed by atoms with Crippen LogP contribution in [-0.4, -0.2) is 62.7 Å². The minimum Gasteiger partial charge on any atom is -0.390 e. The van der Waals surface area contributed by atoms with E-state index in [2.05, 4.69) is 15.9 Å². The van der Waals surface area contributed by atoms with E-state index >= 15 is 8.78 Å². The molecule has 1 heterocycles. The van der Waals surface area contributed by atoms with Gasteiger partial charge in [0, 0.05) is 23.2 Å². The smallest absolute Gasteiger partial charge is 0.281 e. The predicted molar refractivity (Wildman–Crippen MR) is 126 cm³/mol. The summed E-state index contributed by atoms with van der Waals surface area (Å²) in [5.74, 6) is -4.75. The molecule has 1 saturated heterocycles. The Morgan fingerprint density at radius 3 is 2.63 bits per heavy atom. The SMILES string of the molecule is CCCC1(O)OCC(=O)[C@@]2(O1)[C@H](C)C[C@H]1[C@@H]3[C@H](Br)[C@@H](F)C4=CC(=O)C=C[C@]4(C)[C@@]3(F)[C@@H](O)C[C@@]12C. The second-order valence-corrected chi connectivity index (χ2v) is 12.6. The maximum Gasteiger partial charge on any atom is 0.281 e. The number of rotatable bonds is 2. The van der Waals surface area contributed by atoms with Gasteiger partial charge in [-0.3, -0.25) is 9.59 Å². The molecular formula is C26H33BrF2O6. The van der Waals surface area contributed by atoms with Crippen molar-refractivity contribution >= 4 is 27.5 Å². The van der Waals surface area contributed by atoms with Crippen LogP contribution in [0.3, 0.4) is 0 Å². The number of aliphatic hydroxyl groups is 2. The van der Waals surface area contributed by atoms with E-state index in [4.69, 9.17) is 9.47 Å². The molecule has 0 amide bonds. The molecule has 1 spiro atoms. The average molecular weight is 559 g/mol. The summed E-state index contributed by atoms with van der Waals surface area (Å²) in [6.07, 6.45) is 1.45. The molecule has 0 aromatic rings. The quantitative estimate of drug-likeness (QED) is 0.502. The molecule has 9 heteroatoms. The lowest BCUT2D eigenvalue weighted by atomic mass is 9.44. The third-order valence-corrected chi connectivity index (χ3v) is 10.9. The number of fused-ring (bicyclic) bond motifs is 6. The lowest BCUT2D eigenvalue weighted by molar-refractivity contribution is -0.423. The Balaban J connectivity index is 1.66. The molecular weight excluding hydrogens is 526 g/mol. The first kappa shape index (κ1) is 25.6. The molecule has 35 heavy (non-hydrogen) atoms. The Kier molecular flexibility index (Phi) is 5.68. The Morgan fingerprint density at radius 1 is 1.29 bits per heavy atom. The zero-order chi connectivity index (χ0) is 25.8. The molecule has 194 valence electrons. The molecule has 0 bridgehead atoms. The second kappa shape index (κ2) is 7.76. The van der Waals surface area contributed by atoms with E-state index in [0.29, 0.717) is 12.8 Å². The highest BCUT2D eigenvalue weighted by atomic mass is 79.9. The molecule has 6 nitrogen and oxygen atoms in total. The molecule has 0 radical (unpaired) electrons. The van der Waals surface area contributed by atoms with Crippen molar-refractivity contribution in [3.8, 4) is 0 Å². The standard InChI is InChI=1S/C26H33BrF2O6/c1-5-7-24(33)34-12-18(32)26(35-24)13(2)9-15-19-20(27)21(28)16-10-14(30)6-8-22(16,3)25(19,29)17(31)11-23(15,26)4/h6,8,10,13,15,17,19-21,31,33H,5,7,9,11-12H2,1-4H3/t13-,15+,17+,19-,20+,21+,22+,23+,24?,25-,26+/m1/s1. The van der Waals surface area contributed by atoms with Crippen LogP contribution in [0.4, 0.5) is 8.78 Å².